The summed E-state index contributed by atoms with van der Waals surface area (Å²) in [4.78, 5) is 11.8. The lowest BCUT2D eigenvalue weighted by atomic mass is 10.1. The number of nitrogens with two attached hydrogens (primary N) is 1. The van der Waals surface area contributed by atoms with Crippen LogP contribution in [0.3, 0.4) is 0 Å². The monoisotopic (exact) mass is 354 g/mol. The van der Waals surface area contributed by atoms with E-state index in [4.69, 9.17) is 5.73 Å². The van der Waals surface area contributed by atoms with Gasteiger partial charge in [-0.15, -0.1) is 0 Å². The molecule has 2 rings (SSSR count). The minimum Gasteiger partial charge on any atom is -0.330 e. The Morgan fingerprint density at radius 3 is 2.40 bits per heavy atom. The first kappa shape index (κ1) is 19.0. The maximum Gasteiger partial charge on any atom is 0.433 e. The molecule has 8 heteroatoms. The lowest BCUT2D eigenvalue weighted by Gasteiger charge is -2.11. The van der Waals surface area contributed by atoms with Crippen molar-refractivity contribution in [3.05, 3.63) is 42.2 Å². The van der Waals surface area contributed by atoms with Crippen LogP contribution in [0.4, 0.5) is 18.9 Å². The maximum atomic E-state index is 12.9. The van der Waals surface area contributed by atoms with Crippen LogP contribution in [0.5, 0.6) is 0 Å². The fourth-order valence-electron chi connectivity index (χ4n) is 2.42. The number of halogens is 3. The number of benzene rings is 1. The van der Waals surface area contributed by atoms with Gasteiger partial charge in [-0.1, -0.05) is 12.8 Å². The fraction of sp³-hybridized carbons (Fsp3) is 0.412. The molecule has 136 valence electrons. The molecule has 1 aromatic heterocycles. The second-order valence-corrected chi connectivity index (χ2v) is 5.67. The average molecular weight is 354 g/mol. The van der Waals surface area contributed by atoms with Crippen molar-refractivity contribution >= 4 is 11.6 Å². The van der Waals surface area contributed by atoms with Crippen LogP contribution in [-0.2, 0) is 11.0 Å². The summed E-state index contributed by atoms with van der Waals surface area (Å²) < 4.78 is 39.5. The molecule has 0 aliphatic carbocycles. The molecule has 0 aliphatic rings. The summed E-state index contributed by atoms with van der Waals surface area (Å²) in [6, 6.07) is 7.01. The van der Waals surface area contributed by atoms with Gasteiger partial charge >= 0.3 is 6.18 Å². The Labute approximate surface area is 144 Å². The van der Waals surface area contributed by atoms with Gasteiger partial charge in [0, 0.05) is 12.1 Å². The standard InChI is InChI=1S/C17H21F3N4O/c18-17(19,20)15-10-12-22-24(15)14-8-6-13(7-9-14)23-16(25)5-3-1-2-4-11-21/h6-10,12H,1-5,11,21H2,(H,23,25). The third-order valence-corrected chi connectivity index (χ3v) is 3.69. The van der Waals surface area contributed by atoms with Crippen LogP contribution in [0, 0.1) is 0 Å². The molecule has 0 bridgehead atoms. The van der Waals surface area contributed by atoms with Gasteiger partial charge in [0.15, 0.2) is 0 Å². The van der Waals surface area contributed by atoms with E-state index in [-0.39, 0.29) is 11.6 Å². The SMILES string of the molecule is NCCCCCCC(=O)Nc1ccc(-n2nccc2C(F)(F)F)cc1. The first-order valence-corrected chi connectivity index (χ1v) is 8.13. The van der Waals surface area contributed by atoms with E-state index < -0.39 is 11.9 Å². The van der Waals surface area contributed by atoms with Crippen LogP contribution < -0.4 is 11.1 Å². The van der Waals surface area contributed by atoms with Gasteiger partial charge in [-0.3, -0.25) is 4.79 Å². The molecule has 0 spiro atoms. The number of anilines is 1. The van der Waals surface area contributed by atoms with Crippen molar-refractivity contribution < 1.29 is 18.0 Å². The molecule has 0 atom stereocenters. The van der Waals surface area contributed by atoms with E-state index in [1.54, 1.807) is 12.1 Å². The van der Waals surface area contributed by atoms with Crippen molar-refractivity contribution in [2.45, 2.75) is 38.3 Å². The van der Waals surface area contributed by atoms with Gasteiger partial charge in [-0.2, -0.15) is 18.3 Å². The number of aromatic nitrogens is 2. The molecule has 0 saturated carbocycles. The number of rotatable bonds is 8. The average Bonchev–Trinajstić information content (AvgIpc) is 3.05. The number of hydrogen-bond donors (Lipinski definition) is 2. The summed E-state index contributed by atoms with van der Waals surface area (Å²) in [7, 11) is 0. The molecule has 0 saturated heterocycles. The number of amides is 1. The van der Waals surface area contributed by atoms with Crippen molar-refractivity contribution in [2.24, 2.45) is 5.73 Å². The van der Waals surface area contributed by atoms with Crippen LogP contribution in [0.25, 0.3) is 5.69 Å². The van der Waals surface area contributed by atoms with E-state index in [0.717, 1.165) is 42.6 Å². The topological polar surface area (TPSA) is 72.9 Å². The van der Waals surface area contributed by atoms with Crippen molar-refractivity contribution in [3.63, 3.8) is 0 Å². The molecule has 2 aromatic rings. The predicted octanol–water partition coefficient (Wildman–Crippen LogP) is 3.74. The quantitative estimate of drug-likeness (QED) is 0.709. The summed E-state index contributed by atoms with van der Waals surface area (Å²) in [6.07, 6.45) is 0.718. The summed E-state index contributed by atoms with van der Waals surface area (Å²) in [5.41, 5.74) is 5.37. The Kier molecular flexibility index (Phi) is 6.58. The van der Waals surface area contributed by atoms with E-state index in [9.17, 15) is 18.0 Å². The van der Waals surface area contributed by atoms with Crippen molar-refractivity contribution in [1.82, 2.24) is 9.78 Å². The first-order chi connectivity index (χ1) is 11.9. The number of unbranched alkanes of at least 4 members (excludes halogenated alkanes) is 3. The molecule has 5 nitrogen and oxygen atoms in total. The largest absolute Gasteiger partial charge is 0.433 e. The molecule has 0 radical (unpaired) electrons. The van der Waals surface area contributed by atoms with Crippen molar-refractivity contribution in [1.29, 1.82) is 0 Å². The zero-order valence-corrected chi connectivity index (χ0v) is 13.7. The molecular weight excluding hydrogens is 333 g/mol. The summed E-state index contributed by atoms with van der Waals surface area (Å²) in [5, 5.41) is 6.44. The lowest BCUT2D eigenvalue weighted by Crippen LogP contribution is -2.13. The smallest absolute Gasteiger partial charge is 0.330 e. The summed E-state index contributed by atoms with van der Waals surface area (Å²) in [6.45, 7) is 0.658. The Bertz CT molecular complexity index is 680. The molecule has 0 unspecified atom stereocenters. The van der Waals surface area contributed by atoms with Crippen LogP contribution in [0.2, 0.25) is 0 Å². The fourth-order valence-corrected chi connectivity index (χ4v) is 2.42. The minimum atomic E-state index is -4.48. The third kappa shape index (κ3) is 5.60. The van der Waals surface area contributed by atoms with Crippen molar-refractivity contribution in [3.8, 4) is 5.69 Å². The predicted molar refractivity (Wildman–Crippen MR) is 89.3 cm³/mol. The Morgan fingerprint density at radius 2 is 1.76 bits per heavy atom. The number of carbonyl (C=O) groups is 1. The van der Waals surface area contributed by atoms with Crippen LogP contribution in [0.15, 0.2) is 36.5 Å². The Morgan fingerprint density at radius 1 is 1.08 bits per heavy atom. The molecule has 0 aliphatic heterocycles. The number of alkyl halides is 3. The van der Waals surface area contributed by atoms with Gasteiger partial charge in [0.1, 0.15) is 5.69 Å². The summed E-state index contributed by atoms with van der Waals surface area (Å²) in [5.74, 6) is -0.115. The lowest BCUT2D eigenvalue weighted by molar-refractivity contribution is -0.142. The van der Waals surface area contributed by atoms with Gasteiger partial charge in [0.2, 0.25) is 5.91 Å². The molecule has 0 fully saturated rings. The number of nitrogens with zero attached hydrogens (tertiary/aromatic N) is 2. The second-order valence-electron chi connectivity index (χ2n) is 5.67. The van der Waals surface area contributed by atoms with E-state index >= 15 is 0 Å². The number of nitrogens with one attached hydrogen (secondary N) is 1. The molecular formula is C17H21F3N4O. The Hall–Kier alpha value is -2.35. The highest BCUT2D eigenvalue weighted by Crippen LogP contribution is 2.30. The third-order valence-electron chi connectivity index (χ3n) is 3.69. The van der Waals surface area contributed by atoms with E-state index in [2.05, 4.69) is 10.4 Å². The van der Waals surface area contributed by atoms with Crippen LogP contribution in [-0.4, -0.2) is 22.2 Å². The highest BCUT2D eigenvalue weighted by molar-refractivity contribution is 5.90. The highest BCUT2D eigenvalue weighted by Gasteiger charge is 2.35. The highest BCUT2D eigenvalue weighted by atomic mass is 19.4. The second kappa shape index (κ2) is 8.66. The van der Waals surface area contributed by atoms with Crippen molar-refractivity contribution in [2.75, 3.05) is 11.9 Å². The zero-order valence-electron chi connectivity index (χ0n) is 13.7. The Balaban J connectivity index is 1.92. The van der Waals surface area contributed by atoms with E-state index in [0.29, 0.717) is 18.7 Å². The molecule has 1 amide bonds. The van der Waals surface area contributed by atoms with Gasteiger partial charge in [-0.25, -0.2) is 4.68 Å². The van der Waals surface area contributed by atoms with Crippen LogP contribution in [0.1, 0.15) is 37.8 Å². The first-order valence-electron chi connectivity index (χ1n) is 8.13. The van der Waals surface area contributed by atoms with Gasteiger partial charge in [-0.05, 0) is 49.7 Å². The number of carbonyl (C=O) groups excluding carboxylic acids is 1. The maximum absolute atomic E-state index is 12.9. The van der Waals surface area contributed by atoms with Gasteiger partial charge in [0.05, 0.1) is 11.9 Å². The molecule has 1 aromatic carbocycles. The summed E-state index contributed by atoms with van der Waals surface area (Å²) >= 11 is 0. The van der Waals surface area contributed by atoms with E-state index in [1.807, 2.05) is 0 Å². The van der Waals surface area contributed by atoms with Gasteiger partial charge < -0.3 is 11.1 Å². The number of hydrogen-bond acceptors (Lipinski definition) is 3. The molecule has 25 heavy (non-hydrogen) atoms. The molecule has 1 heterocycles. The molecule has 3 N–H and O–H groups in total. The zero-order chi connectivity index (χ0) is 18.3. The minimum absolute atomic E-state index is 0.115. The van der Waals surface area contributed by atoms with Crippen LogP contribution >= 0.6 is 0 Å². The van der Waals surface area contributed by atoms with Gasteiger partial charge in [0.25, 0.3) is 0 Å². The van der Waals surface area contributed by atoms with E-state index in [1.165, 1.54) is 12.1 Å². The normalized spacial score (nSPS) is 11.5.